The van der Waals surface area contributed by atoms with E-state index in [0.717, 1.165) is 11.4 Å². The summed E-state index contributed by atoms with van der Waals surface area (Å²) in [4.78, 5) is 32.0. The van der Waals surface area contributed by atoms with Gasteiger partial charge in [0.05, 0.1) is 32.1 Å². The number of carbonyl (C=O) groups excluding carboxylic acids is 2. The van der Waals surface area contributed by atoms with Gasteiger partial charge in [-0.15, -0.1) is 0 Å². The van der Waals surface area contributed by atoms with Gasteiger partial charge in [0.15, 0.2) is 0 Å². The molecule has 1 aliphatic heterocycles. The number of likely N-dealkylation sites (tertiary alicyclic amines) is 1. The molecule has 0 saturated carbocycles. The normalized spacial score (nSPS) is 17.9. The second-order valence-corrected chi connectivity index (χ2v) is 9.12. The minimum atomic E-state index is -0.303. The number of nitrogens with zero attached hydrogens (tertiary/aromatic N) is 4. The zero-order valence-corrected chi connectivity index (χ0v) is 21.0. The largest absolute Gasteiger partial charge is 0.495 e. The molecule has 2 aromatic heterocycles. The Balaban J connectivity index is 1.40. The van der Waals surface area contributed by atoms with Crippen LogP contribution in [0.25, 0.3) is 0 Å². The van der Waals surface area contributed by atoms with Crippen LogP contribution in [0.5, 0.6) is 5.75 Å². The highest BCUT2D eigenvalue weighted by molar-refractivity contribution is 6.30. The van der Waals surface area contributed by atoms with Gasteiger partial charge >= 0.3 is 6.03 Å². The fraction of sp³-hybridized carbons (Fsp3) is 0.360. The van der Waals surface area contributed by atoms with Gasteiger partial charge in [0.25, 0.3) is 0 Å². The van der Waals surface area contributed by atoms with Crippen LogP contribution in [0.1, 0.15) is 23.7 Å². The number of aryl methyl sites for hydroxylation is 1. The van der Waals surface area contributed by atoms with Crippen LogP contribution in [0.15, 0.2) is 54.9 Å². The lowest BCUT2D eigenvalue weighted by atomic mass is 9.88. The Bertz CT molecular complexity index is 1170. The first-order valence-electron chi connectivity index (χ1n) is 11.7. The smallest absolute Gasteiger partial charge is 0.319 e. The van der Waals surface area contributed by atoms with Crippen molar-refractivity contribution in [1.82, 2.24) is 30.3 Å². The molecule has 0 aliphatic carbocycles. The summed E-state index contributed by atoms with van der Waals surface area (Å²) >= 11 is 5.93. The molecule has 3 heterocycles. The molecule has 1 saturated heterocycles. The molecule has 0 spiro atoms. The number of ether oxygens (including phenoxy) is 1. The van der Waals surface area contributed by atoms with Crippen LogP contribution >= 0.6 is 11.6 Å². The van der Waals surface area contributed by atoms with Crippen LogP contribution < -0.4 is 20.7 Å². The number of carbonyl (C=O) groups is 2. The van der Waals surface area contributed by atoms with Crippen molar-refractivity contribution in [1.29, 1.82) is 0 Å². The molecule has 1 fully saturated rings. The van der Waals surface area contributed by atoms with Crippen molar-refractivity contribution >= 4 is 29.2 Å². The summed E-state index contributed by atoms with van der Waals surface area (Å²) in [6, 6.07) is 12.1. The highest BCUT2D eigenvalue weighted by Crippen LogP contribution is 2.27. The van der Waals surface area contributed by atoms with Crippen LogP contribution in [0.3, 0.4) is 0 Å². The summed E-state index contributed by atoms with van der Waals surface area (Å²) in [5.41, 5.74) is 2.41. The molecule has 11 heteroatoms. The topological polar surface area (TPSA) is 113 Å². The van der Waals surface area contributed by atoms with E-state index >= 15 is 0 Å². The molecule has 190 valence electrons. The van der Waals surface area contributed by atoms with Crippen molar-refractivity contribution in [2.24, 2.45) is 7.05 Å². The van der Waals surface area contributed by atoms with E-state index in [1.54, 1.807) is 48.5 Å². The average molecular weight is 512 g/mol. The third-order valence-corrected chi connectivity index (χ3v) is 6.50. The molecule has 10 nitrogen and oxygen atoms in total. The maximum absolute atomic E-state index is 12.7. The first-order valence-corrected chi connectivity index (χ1v) is 12.1. The van der Waals surface area contributed by atoms with Gasteiger partial charge in [-0.25, -0.2) is 4.79 Å². The predicted octanol–water partition coefficient (Wildman–Crippen LogP) is 2.77. The minimum Gasteiger partial charge on any atom is -0.495 e. The molecule has 3 aromatic rings. The highest BCUT2D eigenvalue weighted by atomic mass is 35.5. The third-order valence-electron chi connectivity index (χ3n) is 6.25. The fourth-order valence-electron chi connectivity index (χ4n) is 4.26. The van der Waals surface area contributed by atoms with Gasteiger partial charge in [-0.05, 0) is 48.9 Å². The summed E-state index contributed by atoms with van der Waals surface area (Å²) in [6.07, 6.45) is 4.04. The van der Waals surface area contributed by atoms with Crippen molar-refractivity contribution in [3.63, 3.8) is 0 Å². The predicted molar refractivity (Wildman–Crippen MR) is 137 cm³/mol. The van der Waals surface area contributed by atoms with Crippen molar-refractivity contribution in [2.45, 2.75) is 24.9 Å². The number of nitrogens with one attached hydrogen (secondary N) is 3. The fourth-order valence-corrected chi connectivity index (χ4v) is 4.39. The Morgan fingerprint density at radius 3 is 2.64 bits per heavy atom. The first kappa shape index (κ1) is 25.5. The molecule has 0 bridgehead atoms. The number of methoxy groups -OCH3 is 1. The van der Waals surface area contributed by atoms with E-state index in [0.29, 0.717) is 42.5 Å². The Hall–Kier alpha value is -3.63. The lowest BCUT2D eigenvalue weighted by Crippen LogP contribution is -2.52. The van der Waals surface area contributed by atoms with Gasteiger partial charge in [0.2, 0.25) is 5.91 Å². The number of benzene rings is 1. The van der Waals surface area contributed by atoms with Crippen LogP contribution in [0.2, 0.25) is 5.02 Å². The average Bonchev–Trinajstić information content (AvgIpc) is 3.29. The van der Waals surface area contributed by atoms with E-state index in [4.69, 9.17) is 16.3 Å². The van der Waals surface area contributed by atoms with Gasteiger partial charge in [-0.3, -0.25) is 19.4 Å². The van der Waals surface area contributed by atoms with E-state index in [1.165, 1.54) is 0 Å². The number of amides is 3. The molecular weight excluding hydrogens is 482 g/mol. The van der Waals surface area contributed by atoms with E-state index in [-0.39, 0.29) is 30.4 Å². The minimum absolute atomic E-state index is 0.0652. The van der Waals surface area contributed by atoms with Gasteiger partial charge in [-0.1, -0.05) is 11.6 Å². The van der Waals surface area contributed by atoms with Crippen LogP contribution in [0.4, 0.5) is 10.5 Å². The monoisotopic (exact) mass is 511 g/mol. The molecule has 0 radical (unpaired) electrons. The van der Waals surface area contributed by atoms with E-state index in [2.05, 4.69) is 30.9 Å². The van der Waals surface area contributed by atoms with Crippen molar-refractivity contribution in [2.75, 3.05) is 32.1 Å². The number of pyridine rings is 1. The van der Waals surface area contributed by atoms with Gasteiger partial charge in [-0.2, -0.15) is 5.10 Å². The second kappa shape index (κ2) is 11.9. The number of urea groups is 1. The van der Waals surface area contributed by atoms with E-state index in [9.17, 15) is 9.59 Å². The van der Waals surface area contributed by atoms with Gasteiger partial charge in [0.1, 0.15) is 5.75 Å². The summed E-state index contributed by atoms with van der Waals surface area (Å²) < 4.78 is 6.98. The molecule has 2 atom stereocenters. The van der Waals surface area contributed by atoms with Crippen LogP contribution in [-0.4, -0.2) is 64.4 Å². The number of piperidine rings is 1. The highest BCUT2D eigenvalue weighted by Gasteiger charge is 2.33. The summed E-state index contributed by atoms with van der Waals surface area (Å²) in [5.74, 6) is 0.487. The van der Waals surface area contributed by atoms with Gasteiger partial charge in [0, 0.05) is 54.7 Å². The summed E-state index contributed by atoms with van der Waals surface area (Å²) in [6.45, 7) is 1.91. The van der Waals surface area contributed by atoms with E-state index in [1.807, 2.05) is 25.2 Å². The number of halogens is 1. The third kappa shape index (κ3) is 6.73. The maximum Gasteiger partial charge on any atom is 0.319 e. The first-order chi connectivity index (χ1) is 17.4. The number of hydrogen-bond acceptors (Lipinski definition) is 6. The Morgan fingerprint density at radius 1 is 1.17 bits per heavy atom. The Kier molecular flexibility index (Phi) is 8.40. The molecule has 0 unspecified atom stereocenters. The maximum atomic E-state index is 12.7. The molecule has 4 rings (SSSR count). The number of hydrogen-bond donors (Lipinski definition) is 3. The SMILES string of the molecule is COc1ccc([C@@H]2CN(CC(=O)NCc3ccnn3C)CC[C@H]2NC(=O)Nc2ccc(Cl)cc2)nc1. The quantitative estimate of drug-likeness (QED) is 0.428. The van der Waals surface area contributed by atoms with Crippen LogP contribution in [0, 0.1) is 0 Å². The van der Waals surface area contributed by atoms with Crippen LogP contribution in [-0.2, 0) is 18.4 Å². The molecule has 3 amide bonds. The van der Waals surface area contributed by atoms with Crippen molar-refractivity contribution in [3.05, 3.63) is 71.3 Å². The van der Waals surface area contributed by atoms with E-state index < -0.39 is 0 Å². The standard InChI is InChI=1S/C25H30ClN7O3/c1-32-19(9-11-29-32)13-28-24(34)16-33-12-10-23(21(15-33)22-8-7-20(36-2)14-27-22)31-25(35)30-18-5-3-17(26)4-6-18/h3-9,11,14,21,23H,10,12-13,15-16H2,1-2H3,(H,28,34)(H2,30,31,35)/t21-,23+/m0/s1. The van der Waals surface area contributed by atoms with Crippen molar-refractivity contribution in [3.8, 4) is 5.75 Å². The Labute approximate surface area is 215 Å². The van der Waals surface area contributed by atoms with Crippen molar-refractivity contribution < 1.29 is 14.3 Å². The molecule has 36 heavy (non-hydrogen) atoms. The molecule has 3 N–H and O–H groups in total. The molecule has 1 aliphatic rings. The lowest BCUT2D eigenvalue weighted by molar-refractivity contribution is -0.122. The molecule has 1 aromatic carbocycles. The zero-order valence-electron chi connectivity index (χ0n) is 20.3. The van der Waals surface area contributed by atoms with Gasteiger partial charge < -0.3 is 20.7 Å². The second-order valence-electron chi connectivity index (χ2n) is 8.69. The zero-order chi connectivity index (χ0) is 25.5. The number of anilines is 1. The molecular formula is C25H30ClN7O3. The lowest BCUT2D eigenvalue weighted by Gasteiger charge is -2.38. The number of rotatable bonds is 8. The Morgan fingerprint density at radius 2 is 1.97 bits per heavy atom. The summed E-state index contributed by atoms with van der Waals surface area (Å²) in [5, 5.41) is 13.6. The summed E-state index contributed by atoms with van der Waals surface area (Å²) in [7, 11) is 3.43. The number of aromatic nitrogens is 3.